The Balaban J connectivity index is 2.03. The number of nitrogens with two attached hydrogens (primary N) is 1. The van der Waals surface area contributed by atoms with Gasteiger partial charge in [0, 0.05) is 12.2 Å². The molecule has 0 fully saturated rings. The highest BCUT2D eigenvalue weighted by Crippen LogP contribution is 2.36. The summed E-state index contributed by atoms with van der Waals surface area (Å²) in [5.41, 5.74) is 4.62. The van der Waals surface area contributed by atoms with Gasteiger partial charge in [0.15, 0.2) is 5.16 Å². The number of nitrogen functional groups attached to an aromatic ring is 1. The average molecular weight is 392 g/mol. The maximum atomic E-state index is 12.8. The predicted molar refractivity (Wildman–Crippen MR) is 90.4 cm³/mol. The lowest BCUT2D eigenvalue weighted by atomic mass is 10.2. The number of hydrogen-bond donors (Lipinski definition) is 2. The molecule has 1 heterocycles. The average Bonchev–Trinajstić information content (AvgIpc) is 2.87. The molecule has 0 spiro atoms. The van der Waals surface area contributed by atoms with E-state index in [4.69, 9.17) is 17.3 Å². The Labute approximate surface area is 150 Å². The van der Waals surface area contributed by atoms with Crippen LogP contribution in [0.5, 0.6) is 0 Å². The molecule has 0 bridgehead atoms. The largest absolute Gasteiger partial charge is 0.417 e. The van der Waals surface area contributed by atoms with E-state index in [2.05, 4.69) is 22.1 Å². The number of benzene rings is 1. The Kier molecular flexibility index (Phi) is 5.96. The summed E-state index contributed by atoms with van der Waals surface area (Å²) in [5, 5.41) is 9.87. The molecule has 0 aliphatic heterocycles. The highest BCUT2D eigenvalue weighted by molar-refractivity contribution is 7.99. The van der Waals surface area contributed by atoms with Crippen LogP contribution in [0.2, 0.25) is 5.02 Å². The summed E-state index contributed by atoms with van der Waals surface area (Å²) in [6.07, 6.45) is -3.01. The molecular formula is C14H13ClF3N5OS. The van der Waals surface area contributed by atoms with Gasteiger partial charge < -0.3 is 11.1 Å². The second-order valence-corrected chi connectivity index (χ2v) is 6.12. The normalized spacial score (nSPS) is 11.4. The van der Waals surface area contributed by atoms with Crippen molar-refractivity contribution in [3.8, 4) is 0 Å². The molecule has 11 heteroatoms. The molecule has 0 saturated carbocycles. The molecule has 0 aliphatic carbocycles. The van der Waals surface area contributed by atoms with Gasteiger partial charge in [0.1, 0.15) is 0 Å². The van der Waals surface area contributed by atoms with Gasteiger partial charge in [-0.25, -0.2) is 0 Å². The van der Waals surface area contributed by atoms with Gasteiger partial charge in [-0.05, 0) is 18.2 Å². The molecule has 1 aromatic carbocycles. The molecule has 0 radical (unpaired) electrons. The Morgan fingerprint density at radius 1 is 1.44 bits per heavy atom. The zero-order valence-corrected chi connectivity index (χ0v) is 14.3. The number of anilines is 2. The van der Waals surface area contributed by atoms with Gasteiger partial charge in [-0.1, -0.05) is 29.4 Å². The van der Waals surface area contributed by atoms with Crippen molar-refractivity contribution >= 4 is 40.9 Å². The fraction of sp³-hybridized carbons (Fsp3) is 0.214. The number of carbonyl (C=O) groups is 1. The minimum atomic E-state index is -4.61. The molecule has 3 N–H and O–H groups in total. The Hall–Kier alpha value is -2.20. The smallest absolute Gasteiger partial charge is 0.368 e. The topological polar surface area (TPSA) is 85.8 Å². The van der Waals surface area contributed by atoms with Crippen LogP contribution in [-0.4, -0.2) is 26.4 Å². The minimum absolute atomic E-state index is 0.00519. The summed E-state index contributed by atoms with van der Waals surface area (Å²) in [6.45, 7) is 3.95. The second kappa shape index (κ2) is 7.79. The van der Waals surface area contributed by atoms with Gasteiger partial charge in [-0.3, -0.25) is 9.36 Å². The number of aromatic nitrogens is 3. The lowest BCUT2D eigenvalue weighted by molar-refractivity contribution is -0.137. The van der Waals surface area contributed by atoms with Crippen LogP contribution in [0.25, 0.3) is 0 Å². The summed E-state index contributed by atoms with van der Waals surface area (Å²) >= 11 is 6.58. The third-order valence-electron chi connectivity index (χ3n) is 2.95. The van der Waals surface area contributed by atoms with Crippen molar-refractivity contribution in [3.05, 3.63) is 41.4 Å². The van der Waals surface area contributed by atoms with Gasteiger partial charge in [0.25, 0.3) is 0 Å². The van der Waals surface area contributed by atoms with Crippen molar-refractivity contribution in [2.24, 2.45) is 0 Å². The molecule has 0 aliphatic rings. The van der Waals surface area contributed by atoms with Crippen LogP contribution in [0.15, 0.2) is 36.0 Å². The highest BCUT2D eigenvalue weighted by Gasteiger charge is 2.33. The monoisotopic (exact) mass is 391 g/mol. The van der Waals surface area contributed by atoms with Gasteiger partial charge in [0.2, 0.25) is 11.9 Å². The highest BCUT2D eigenvalue weighted by atomic mass is 35.5. The van der Waals surface area contributed by atoms with E-state index in [1.165, 1.54) is 6.07 Å². The molecule has 25 heavy (non-hydrogen) atoms. The van der Waals surface area contributed by atoms with E-state index in [1.807, 2.05) is 0 Å². The van der Waals surface area contributed by atoms with Crippen LogP contribution in [-0.2, 0) is 17.5 Å². The number of thioether (sulfide) groups is 1. The number of hydrogen-bond acceptors (Lipinski definition) is 5. The maximum Gasteiger partial charge on any atom is 0.417 e. The first-order chi connectivity index (χ1) is 11.7. The summed E-state index contributed by atoms with van der Waals surface area (Å²) in [6, 6.07) is 3.15. The molecule has 2 aromatic rings. The van der Waals surface area contributed by atoms with Gasteiger partial charge >= 0.3 is 6.18 Å². The van der Waals surface area contributed by atoms with Crippen molar-refractivity contribution in [1.29, 1.82) is 0 Å². The minimum Gasteiger partial charge on any atom is -0.368 e. The molecule has 1 aromatic heterocycles. The number of alkyl halides is 3. The van der Waals surface area contributed by atoms with E-state index in [1.54, 1.807) is 10.6 Å². The van der Waals surface area contributed by atoms with Crippen LogP contribution >= 0.6 is 23.4 Å². The standard InChI is InChI=1S/C14H13ClF3N5OS/c1-2-5-23-12(19)21-22-13(23)25-7-11(24)20-8-3-4-10(15)9(6-8)14(16,17)18/h2-4,6H,1,5,7H2,(H2,19,21)(H,20,24). The molecule has 0 atom stereocenters. The number of allylic oxidation sites excluding steroid dienone is 1. The van der Waals surface area contributed by atoms with Crippen LogP contribution in [0.1, 0.15) is 5.56 Å². The molecule has 0 unspecified atom stereocenters. The lowest BCUT2D eigenvalue weighted by Crippen LogP contribution is -2.16. The number of halogens is 4. The number of rotatable bonds is 6. The Bertz CT molecular complexity index is 793. The first kappa shape index (κ1) is 19.1. The van der Waals surface area contributed by atoms with Gasteiger partial charge in [-0.15, -0.1) is 16.8 Å². The Morgan fingerprint density at radius 3 is 2.80 bits per heavy atom. The molecule has 1 amide bonds. The fourth-order valence-corrected chi connectivity index (χ4v) is 2.83. The number of carbonyl (C=O) groups excluding carboxylic acids is 1. The van der Waals surface area contributed by atoms with E-state index in [-0.39, 0.29) is 17.4 Å². The predicted octanol–water partition coefficient (Wildman–Crippen LogP) is 3.45. The third-order valence-corrected chi connectivity index (χ3v) is 4.24. The molecule has 0 saturated heterocycles. The third kappa shape index (κ3) is 4.89. The zero-order valence-electron chi connectivity index (χ0n) is 12.7. The van der Waals surface area contributed by atoms with Gasteiger partial charge in [-0.2, -0.15) is 13.2 Å². The first-order valence-electron chi connectivity index (χ1n) is 6.81. The second-order valence-electron chi connectivity index (χ2n) is 4.77. The first-order valence-corrected chi connectivity index (χ1v) is 8.17. The quantitative estimate of drug-likeness (QED) is 0.582. The summed E-state index contributed by atoms with van der Waals surface area (Å²) in [5.74, 6) is -0.415. The molecule has 6 nitrogen and oxygen atoms in total. The summed E-state index contributed by atoms with van der Waals surface area (Å²) < 4.78 is 40.0. The van der Waals surface area contributed by atoms with Crippen LogP contribution in [0.4, 0.5) is 24.8 Å². The summed E-state index contributed by atoms with van der Waals surface area (Å²) in [4.78, 5) is 12.0. The van der Waals surface area contributed by atoms with Crippen molar-refractivity contribution in [2.45, 2.75) is 17.9 Å². The van der Waals surface area contributed by atoms with Crippen molar-refractivity contribution in [1.82, 2.24) is 14.8 Å². The van der Waals surface area contributed by atoms with E-state index < -0.39 is 22.7 Å². The van der Waals surface area contributed by atoms with Crippen LogP contribution < -0.4 is 11.1 Å². The van der Waals surface area contributed by atoms with E-state index in [0.717, 1.165) is 23.9 Å². The fourth-order valence-electron chi connectivity index (χ4n) is 1.85. The number of nitrogens with zero attached hydrogens (tertiary/aromatic N) is 3. The lowest BCUT2D eigenvalue weighted by Gasteiger charge is -2.11. The van der Waals surface area contributed by atoms with Crippen molar-refractivity contribution < 1.29 is 18.0 Å². The number of amides is 1. The molecule has 2 rings (SSSR count). The van der Waals surface area contributed by atoms with Gasteiger partial charge in [0.05, 0.1) is 16.3 Å². The van der Waals surface area contributed by atoms with E-state index >= 15 is 0 Å². The maximum absolute atomic E-state index is 12.8. The van der Waals surface area contributed by atoms with E-state index in [9.17, 15) is 18.0 Å². The Morgan fingerprint density at radius 2 is 2.16 bits per heavy atom. The van der Waals surface area contributed by atoms with Crippen LogP contribution in [0, 0.1) is 0 Å². The van der Waals surface area contributed by atoms with Crippen molar-refractivity contribution in [2.75, 3.05) is 16.8 Å². The summed E-state index contributed by atoms with van der Waals surface area (Å²) in [7, 11) is 0. The SMILES string of the molecule is C=CCn1c(N)nnc1SCC(=O)Nc1ccc(Cl)c(C(F)(F)F)c1. The zero-order chi connectivity index (χ0) is 18.6. The van der Waals surface area contributed by atoms with E-state index in [0.29, 0.717) is 11.7 Å². The van der Waals surface area contributed by atoms with Crippen LogP contribution in [0.3, 0.4) is 0 Å². The number of nitrogens with one attached hydrogen (secondary N) is 1. The molecule has 134 valence electrons. The molecular weight excluding hydrogens is 379 g/mol. The van der Waals surface area contributed by atoms with Crippen molar-refractivity contribution in [3.63, 3.8) is 0 Å².